The summed E-state index contributed by atoms with van der Waals surface area (Å²) in [6, 6.07) is 5.81. The van der Waals surface area contributed by atoms with Gasteiger partial charge in [0.15, 0.2) is 5.69 Å². The molecule has 0 radical (unpaired) electrons. The standard InChI is InChI=1S/C11H12N4O/c1-6-4-3-5-8(7(6)2)9-10(11(12)16)14-15-13-9/h3-5H,1-2H3,(H2,12,16)(H,13,14,15). The molecule has 0 aliphatic rings. The number of aromatic nitrogens is 3. The van der Waals surface area contributed by atoms with E-state index >= 15 is 0 Å². The fraction of sp³-hybridized carbons (Fsp3) is 0.182. The summed E-state index contributed by atoms with van der Waals surface area (Å²) in [5.74, 6) is -0.579. The number of primary amides is 1. The Bertz CT molecular complexity index is 545. The van der Waals surface area contributed by atoms with Gasteiger partial charge in [0.05, 0.1) is 0 Å². The molecule has 0 saturated carbocycles. The van der Waals surface area contributed by atoms with Crippen LogP contribution in [0.15, 0.2) is 18.2 Å². The second-order valence-corrected chi connectivity index (χ2v) is 3.63. The van der Waals surface area contributed by atoms with Crippen LogP contribution in [0.2, 0.25) is 0 Å². The van der Waals surface area contributed by atoms with Crippen LogP contribution in [0.3, 0.4) is 0 Å². The first-order valence-electron chi connectivity index (χ1n) is 4.88. The first-order valence-corrected chi connectivity index (χ1v) is 4.88. The lowest BCUT2D eigenvalue weighted by molar-refractivity contribution is 0.0996. The molecule has 5 heteroatoms. The fourth-order valence-electron chi connectivity index (χ4n) is 1.60. The van der Waals surface area contributed by atoms with E-state index in [0.717, 1.165) is 16.7 Å². The molecular formula is C11H12N4O. The number of rotatable bonds is 2. The predicted octanol–water partition coefficient (Wildman–Crippen LogP) is 1.19. The van der Waals surface area contributed by atoms with E-state index in [9.17, 15) is 4.79 Å². The summed E-state index contributed by atoms with van der Waals surface area (Å²) in [4.78, 5) is 11.2. The van der Waals surface area contributed by atoms with Crippen molar-refractivity contribution in [2.24, 2.45) is 5.73 Å². The van der Waals surface area contributed by atoms with Gasteiger partial charge in [-0.15, -0.1) is 0 Å². The Hall–Kier alpha value is -2.17. The van der Waals surface area contributed by atoms with Gasteiger partial charge in [-0.05, 0) is 25.0 Å². The van der Waals surface area contributed by atoms with Gasteiger partial charge in [-0.2, -0.15) is 15.4 Å². The number of nitrogens with zero attached hydrogens (tertiary/aromatic N) is 2. The van der Waals surface area contributed by atoms with Gasteiger partial charge in [0, 0.05) is 5.56 Å². The molecule has 0 atom stereocenters. The highest BCUT2D eigenvalue weighted by Gasteiger charge is 2.16. The van der Waals surface area contributed by atoms with Gasteiger partial charge in [-0.3, -0.25) is 4.79 Å². The number of aryl methyl sites for hydroxylation is 1. The molecule has 1 amide bonds. The minimum Gasteiger partial charge on any atom is -0.364 e. The zero-order valence-electron chi connectivity index (χ0n) is 9.11. The second kappa shape index (κ2) is 3.77. The zero-order valence-corrected chi connectivity index (χ0v) is 9.11. The van der Waals surface area contributed by atoms with Crippen molar-refractivity contribution in [1.82, 2.24) is 15.4 Å². The maximum Gasteiger partial charge on any atom is 0.271 e. The molecule has 0 bridgehead atoms. The van der Waals surface area contributed by atoms with Crippen molar-refractivity contribution in [2.45, 2.75) is 13.8 Å². The summed E-state index contributed by atoms with van der Waals surface area (Å²) in [7, 11) is 0. The van der Waals surface area contributed by atoms with Crippen molar-refractivity contribution in [2.75, 3.05) is 0 Å². The summed E-state index contributed by atoms with van der Waals surface area (Å²) in [6.45, 7) is 3.98. The number of carbonyl (C=O) groups excluding carboxylic acids is 1. The summed E-state index contributed by atoms with van der Waals surface area (Å²) < 4.78 is 0. The van der Waals surface area contributed by atoms with Crippen LogP contribution in [0.5, 0.6) is 0 Å². The third-order valence-electron chi connectivity index (χ3n) is 2.64. The van der Waals surface area contributed by atoms with E-state index in [1.165, 1.54) is 0 Å². The van der Waals surface area contributed by atoms with Crippen molar-refractivity contribution < 1.29 is 4.79 Å². The molecular weight excluding hydrogens is 204 g/mol. The molecule has 0 fully saturated rings. The number of carbonyl (C=O) groups is 1. The average molecular weight is 216 g/mol. The number of nitrogens with one attached hydrogen (secondary N) is 1. The van der Waals surface area contributed by atoms with Crippen molar-refractivity contribution in [3.05, 3.63) is 35.0 Å². The number of hydrogen-bond donors (Lipinski definition) is 2. The van der Waals surface area contributed by atoms with Crippen LogP contribution >= 0.6 is 0 Å². The van der Waals surface area contributed by atoms with Crippen molar-refractivity contribution in [3.63, 3.8) is 0 Å². The number of aromatic amines is 1. The molecule has 5 nitrogen and oxygen atoms in total. The van der Waals surface area contributed by atoms with Crippen LogP contribution in [-0.2, 0) is 0 Å². The van der Waals surface area contributed by atoms with Crippen molar-refractivity contribution in [3.8, 4) is 11.3 Å². The van der Waals surface area contributed by atoms with Crippen LogP contribution in [0.25, 0.3) is 11.3 Å². The Kier molecular flexibility index (Phi) is 2.44. The maximum atomic E-state index is 11.2. The average Bonchev–Trinajstić information content (AvgIpc) is 2.70. The van der Waals surface area contributed by atoms with Crippen LogP contribution in [0, 0.1) is 13.8 Å². The largest absolute Gasteiger partial charge is 0.364 e. The van der Waals surface area contributed by atoms with E-state index in [-0.39, 0.29) is 5.69 Å². The molecule has 0 saturated heterocycles. The summed E-state index contributed by atoms with van der Waals surface area (Å²) >= 11 is 0. The fourth-order valence-corrected chi connectivity index (χ4v) is 1.60. The molecule has 82 valence electrons. The highest BCUT2D eigenvalue weighted by molar-refractivity contribution is 5.97. The van der Waals surface area contributed by atoms with E-state index < -0.39 is 5.91 Å². The lowest BCUT2D eigenvalue weighted by atomic mass is 10.00. The molecule has 0 aliphatic carbocycles. The summed E-state index contributed by atoms with van der Waals surface area (Å²) in [5.41, 5.74) is 8.99. The molecule has 0 aliphatic heterocycles. The third-order valence-corrected chi connectivity index (χ3v) is 2.64. The van der Waals surface area contributed by atoms with E-state index in [4.69, 9.17) is 5.73 Å². The first-order chi connectivity index (χ1) is 7.61. The van der Waals surface area contributed by atoms with Crippen molar-refractivity contribution in [1.29, 1.82) is 0 Å². The molecule has 1 heterocycles. The molecule has 2 aromatic rings. The van der Waals surface area contributed by atoms with Crippen LogP contribution in [0.1, 0.15) is 21.6 Å². The Morgan fingerprint density at radius 1 is 1.31 bits per heavy atom. The number of benzene rings is 1. The summed E-state index contributed by atoms with van der Waals surface area (Å²) in [5, 5.41) is 10.1. The highest BCUT2D eigenvalue weighted by Crippen LogP contribution is 2.25. The van der Waals surface area contributed by atoms with Gasteiger partial charge in [-0.25, -0.2) is 0 Å². The molecule has 1 aromatic heterocycles. The van der Waals surface area contributed by atoms with Gasteiger partial charge in [0.2, 0.25) is 0 Å². The van der Waals surface area contributed by atoms with Gasteiger partial charge < -0.3 is 5.73 Å². The lowest BCUT2D eigenvalue weighted by Gasteiger charge is -2.05. The molecule has 0 spiro atoms. The molecule has 1 aromatic carbocycles. The smallest absolute Gasteiger partial charge is 0.271 e. The maximum absolute atomic E-state index is 11.2. The Labute approximate surface area is 92.7 Å². The Morgan fingerprint density at radius 3 is 2.75 bits per heavy atom. The van der Waals surface area contributed by atoms with Crippen LogP contribution in [-0.4, -0.2) is 21.3 Å². The number of H-pyrrole nitrogens is 1. The molecule has 0 unspecified atom stereocenters. The van der Waals surface area contributed by atoms with Gasteiger partial charge >= 0.3 is 0 Å². The number of amides is 1. The SMILES string of the molecule is Cc1cccc(-c2n[nH]nc2C(N)=O)c1C. The van der Waals surface area contributed by atoms with Crippen LogP contribution in [0.4, 0.5) is 0 Å². The normalized spacial score (nSPS) is 10.4. The number of nitrogens with two attached hydrogens (primary N) is 1. The minimum atomic E-state index is -0.579. The van der Waals surface area contributed by atoms with Crippen LogP contribution < -0.4 is 5.73 Å². The molecule has 2 rings (SSSR count). The van der Waals surface area contributed by atoms with Crippen molar-refractivity contribution >= 4 is 5.91 Å². The Morgan fingerprint density at radius 2 is 2.06 bits per heavy atom. The minimum absolute atomic E-state index is 0.175. The summed E-state index contributed by atoms with van der Waals surface area (Å²) in [6.07, 6.45) is 0. The number of hydrogen-bond acceptors (Lipinski definition) is 3. The predicted molar refractivity (Wildman–Crippen MR) is 59.8 cm³/mol. The topological polar surface area (TPSA) is 84.7 Å². The monoisotopic (exact) mass is 216 g/mol. The third kappa shape index (κ3) is 1.56. The zero-order chi connectivity index (χ0) is 11.7. The van der Waals surface area contributed by atoms with Gasteiger partial charge in [-0.1, -0.05) is 18.2 Å². The highest BCUT2D eigenvalue weighted by atomic mass is 16.1. The quantitative estimate of drug-likeness (QED) is 0.790. The molecule has 3 N–H and O–H groups in total. The first kappa shape index (κ1) is 10.4. The lowest BCUT2D eigenvalue weighted by Crippen LogP contribution is -2.13. The second-order valence-electron chi connectivity index (χ2n) is 3.63. The van der Waals surface area contributed by atoms with E-state index in [2.05, 4.69) is 15.4 Å². The Balaban J connectivity index is 2.63. The molecule has 16 heavy (non-hydrogen) atoms. The van der Waals surface area contributed by atoms with E-state index in [0.29, 0.717) is 5.69 Å². The van der Waals surface area contributed by atoms with Gasteiger partial charge in [0.25, 0.3) is 5.91 Å². The van der Waals surface area contributed by atoms with Gasteiger partial charge in [0.1, 0.15) is 5.69 Å². The van der Waals surface area contributed by atoms with E-state index in [1.54, 1.807) is 0 Å². The van der Waals surface area contributed by atoms with E-state index in [1.807, 2.05) is 32.0 Å².